The Kier molecular flexibility index (Phi) is 2.51. The van der Waals surface area contributed by atoms with E-state index >= 15 is 0 Å². The van der Waals surface area contributed by atoms with Gasteiger partial charge in [0.15, 0.2) is 0 Å². The second-order valence-corrected chi connectivity index (χ2v) is 4.25. The van der Waals surface area contributed by atoms with Gasteiger partial charge in [0.25, 0.3) is 10.1 Å². The Bertz CT molecular complexity index is 221. The summed E-state index contributed by atoms with van der Waals surface area (Å²) in [5.41, 5.74) is 0. The van der Waals surface area contributed by atoms with Crippen LogP contribution in [0.3, 0.4) is 0 Å². The topological polar surface area (TPSA) is 55.9 Å². The van der Waals surface area contributed by atoms with Gasteiger partial charge in [-0.05, 0) is 6.42 Å². The van der Waals surface area contributed by atoms with Gasteiger partial charge >= 0.3 is 0 Å². The molecule has 0 radical (unpaired) electrons. The minimum Gasteiger partial charge on any atom is -0.367 e. The molecule has 2 atom stereocenters. The van der Waals surface area contributed by atoms with Crippen LogP contribution in [0.15, 0.2) is 0 Å². The van der Waals surface area contributed by atoms with E-state index in [1.807, 2.05) is 6.92 Å². The molecule has 0 aromatic rings. The lowest BCUT2D eigenvalue weighted by atomic mass is 10.3. The van der Waals surface area contributed by atoms with Crippen molar-refractivity contribution in [2.45, 2.75) is 25.6 Å². The fraction of sp³-hybridized carbons (Fsp3) is 1.00. The molecule has 1 fully saturated rings. The monoisotopic (exact) mass is 180 g/mol. The molecule has 2 unspecified atom stereocenters. The molecule has 0 spiro atoms. The third-order valence-corrected chi connectivity index (χ3v) is 2.10. The molecule has 0 saturated carbocycles. The number of rotatable bonds is 4. The SMILES string of the molecule is CCC1OC1COS(C)(=O)=O. The summed E-state index contributed by atoms with van der Waals surface area (Å²) in [4.78, 5) is 0. The Morgan fingerprint density at radius 1 is 1.45 bits per heavy atom. The molecule has 0 aromatic heterocycles. The average Bonchev–Trinajstić information content (AvgIpc) is 2.60. The molecule has 1 saturated heterocycles. The van der Waals surface area contributed by atoms with E-state index in [0.717, 1.165) is 12.7 Å². The highest BCUT2D eigenvalue weighted by atomic mass is 32.2. The van der Waals surface area contributed by atoms with Gasteiger partial charge in [-0.25, -0.2) is 0 Å². The number of epoxide rings is 1. The van der Waals surface area contributed by atoms with Gasteiger partial charge in [-0.15, -0.1) is 0 Å². The smallest absolute Gasteiger partial charge is 0.264 e. The zero-order valence-corrected chi connectivity index (χ0v) is 7.43. The maximum Gasteiger partial charge on any atom is 0.264 e. The summed E-state index contributed by atoms with van der Waals surface area (Å²) >= 11 is 0. The first-order valence-electron chi connectivity index (χ1n) is 3.53. The minimum atomic E-state index is -3.29. The second-order valence-electron chi connectivity index (χ2n) is 2.61. The number of ether oxygens (including phenoxy) is 1. The van der Waals surface area contributed by atoms with Crippen LogP contribution in [0, 0.1) is 0 Å². The van der Waals surface area contributed by atoms with Crippen LogP contribution >= 0.6 is 0 Å². The van der Waals surface area contributed by atoms with Gasteiger partial charge in [0.05, 0.1) is 19.0 Å². The third-order valence-electron chi connectivity index (χ3n) is 1.54. The summed E-state index contributed by atoms with van der Waals surface area (Å²) in [5.74, 6) is 0. The lowest BCUT2D eigenvalue weighted by Crippen LogP contribution is -2.09. The summed E-state index contributed by atoms with van der Waals surface area (Å²) in [6, 6.07) is 0. The van der Waals surface area contributed by atoms with E-state index in [0.29, 0.717) is 0 Å². The van der Waals surface area contributed by atoms with Crippen molar-refractivity contribution >= 4 is 10.1 Å². The molecule has 4 nitrogen and oxygen atoms in total. The average molecular weight is 180 g/mol. The van der Waals surface area contributed by atoms with Crippen LogP contribution in [0.5, 0.6) is 0 Å². The van der Waals surface area contributed by atoms with Gasteiger partial charge in [0, 0.05) is 0 Å². The van der Waals surface area contributed by atoms with Crippen LogP contribution in [-0.4, -0.2) is 33.5 Å². The van der Waals surface area contributed by atoms with Crippen molar-refractivity contribution in [3.63, 3.8) is 0 Å². The summed E-state index contributed by atoms with van der Waals surface area (Å²) in [6.45, 7) is 2.16. The van der Waals surface area contributed by atoms with Crippen LogP contribution in [-0.2, 0) is 19.0 Å². The molecule has 1 rings (SSSR count). The first-order valence-corrected chi connectivity index (χ1v) is 5.34. The Morgan fingerprint density at radius 2 is 2.09 bits per heavy atom. The molecule has 0 bridgehead atoms. The van der Waals surface area contributed by atoms with Crippen molar-refractivity contribution in [3.05, 3.63) is 0 Å². The van der Waals surface area contributed by atoms with Crippen molar-refractivity contribution < 1.29 is 17.3 Å². The molecular weight excluding hydrogens is 168 g/mol. The molecule has 11 heavy (non-hydrogen) atoms. The summed E-state index contributed by atoms with van der Waals surface area (Å²) in [7, 11) is -3.29. The highest BCUT2D eigenvalue weighted by Gasteiger charge is 2.37. The summed E-state index contributed by atoms with van der Waals surface area (Å²) in [5, 5.41) is 0. The number of hydrogen-bond donors (Lipinski definition) is 0. The Morgan fingerprint density at radius 3 is 2.45 bits per heavy atom. The quantitative estimate of drug-likeness (QED) is 0.456. The van der Waals surface area contributed by atoms with Crippen molar-refractivity contribution in [1.29, 1.82) is 0 Å². The molecule has 1 aliphatic heterocycles. The Labute approximate surface area is 66.6 Å². The van der Waals surface area contributed by atoms with Crippen molar-refractivity contribution in [2.75, 3.05) is 12.9 Å². The molecule has 5 heteroatoms. The van der Waals surface area contributed by atoms with Crippen molar-refractivity contribution in [3.8, 4) is 0 Å². The molecule has 0 aromatic carbocycles. The maximum absolute atomic E-state index is 10.5. The van der Waals surface area contributed by atoms with Gasteiger partial charge in [-0.3, -0.25) is 4.18 Å². The maximum atomic E-state index is 10.5. The van der Waals surface area contributed by atoms with Crippen LogP contribution in [0.1, 0.15) is 13.3 Å². The van der Waals surface area contributed by atoms with Crippen LogP contribution in [0.25, 0.3) is 0 Å². The van der Waals surface area contributed by atoms with Crippen LogP contribution in [0.4, 0.5) is 0 Å². The molecular formula is C6H12O4S. The lowest BCUT2D eigenvalue weighted by molar-refractivity contribution is 0.265. The van der Waals surface area contributed by atoms with E-state index in [4.69, 9.17) is 4.74 Å². The normalized spacial score (nSPS) is 30.4. The third kappa shape index (κ3) is 3.18. The Balaban J connectivity index is 2.16. The zero-order chi connectivity index (χ0) is 8.48. The highest BCUT2D eigenvalue weighted by Crippen LogP contribution is 2.25. The predicted molar refractivity (Wildman–Crippen MR) is 39.7 cm³/mol. The fourth-order valence-corrected chi connectivity index (χ4v) is 1.26. The second kappa shape index (κ2) is 3.08. The molecule has 0 amide bonds. The summed E-state index contributed by atoms with van der Waals surface area (Å²) < 4.78 is 30.6. The molecule has 0 N–H and O–H groups in total. The first-order chi connectivity index (χ1) is 5.03. The Hall–Kier alpha value is -0.130. The van der Waals surface area contributed by atoms with E-state index in [9.17, 15) is 8.42 Å². The number of hydrogen-bond acceptors (Lipinski definition) is 4. The first kappa shape index (κ1) is 8.96. The van der Waals surface area contributed by atoms with Crippen LogP contribution in [0.2, 0.25) is 0 Å². The molecule has 1 heterocycles. The largest absolute Gasteiger partial charge is 0.367 e. The van der Waals surface area contributed by atoms with Gasteiger partial charge in [-0.1, -0.05) is 6.92 Å². The van der Waals surface area contributed by atoms with Gasteiger partial charge in [0.2, 0.25) is 0 Å². The lowest BCUT2D eigenvalue weighted by Gasteiger charge is -1.95. The zero-order valence-electron chi connectivity index (χ0n) is 6.61. The molecule has 0 aliphatic carbocycles. The van der Waals surface area contributed by atoms with E-state index in [1.165, 1.54) is 0 Å². The van der Waals surface area contributed by atoms with Crippen molar-refractivity contribution in [1.82, 2.24) is 0 Å². The van der Waals surface area contributed by atoms with Crippen LogP contribution < -0.4 is 0 Å². The van der Waals surface area contributed by atoms with Crippen molar-refractivity contribution in [2.24, 2.45) is 0 Å². The van der Waals surface area contributed by atoms with Gasteiger partial charge in [0.1, 0.15) is 6.10 Å². The van der Waals surface area contributed by atoms with E-state index in [1.54, 1.807) is 0 Å². The standard InChI is InChI=1S/C6H12O4S/c1-3-5-6(10-5)4-9-11(2,7)8/h5-6H,3-4H2,1-2H3. The summed E-state index contributed by atoms with van der Waals surface area (Å²) in [6.07, 6.45) is 2.15. The fourth-order valence-electron chi connectivity index (χ4n) is 0.876. The van der Waals surface area contributed by atoms with Gasteiger partial charge < -0.3 is 4.74 Å². The van der Waals surface area contributed by atoms with E-state index in [-0.39, 0.29) is 18.8 Å². The predicted octanol–water partition coefficient (Wildman–Crippen LogP) is 0.140. The molecule has 66 valence electrons. The van der Waals surface area contributed by atoms with E-state index < -0.39 is 10.1 Å². The van der Waals surface area contributed by atoms with E-state index in [2.05, 4.69) is 4.18 Å². The molecule has 1 aliphatic rings. The highest BCUT2D eigenvalue weighted by molar-refractivity contribution is 7.85. The van der Waals surface area contributed by atoms with Gasteiger partial charge in [-0.2, -0.15) is 8.42 Å². The minimum absolute atomic E-state index is 0.00488.